The predicted octanol–water partition coefficient (Wildman–Crippen LogP) is 3.37. The Kier molecular flexibility index (Phi) is 4.35. The zero-order chi connectivity index (χ0) is 17.1. The van der Waals surface area contributed by atoms with Gasteiger partial charge in [-0.3, -0.25) is 25.0 Å². The Bertz CT molecular complexity index is 785. The molecule has 2 rings (SSSR count). The van der Waals surface area contributed by atoms with Crippen LogP contribution in [0.3, 0.4) is 0 Å². The van der Waals surface area contributed by atoms with Gasteiger partial charge in [0.1, 0.15) is 0 Å². The molecule has 0 spiro atoms. The van der Waals surface area contributed by atoms with E-state index in [0.717, 1.165) is 29.3 Å². The van der Waals surface area contributed by atoms with Crippen molar-refractivity contribution in [2.45, 2.75) is 13.8 Å². The average molecular weight is 315 g/mol. The summed E-state index contributed by atoms with van der Waals surface area (Å²) in [6.07, 6.45) is 0. The van der Waals surface area contributed by atoms with Crippen LogP contribution in [0, 0.1) is 34.1 Å². The third kappa shape index (κ3) is 3.49. The van der Waals surface area contributed by atoms with Crippen molar-refractivity contribution < 1.29 is 14.6 Å². The summed E-state index contributed by atoms with van der Waals surface area (Å²) in [5.41, 5.74) is 1.19. The monoisotopic (exact) mass is 315 g/mol. The lowest BCUT2D eigenvalue weighted by molar-refractivity contribution is -0.394. The van der Waals surface area contributed by atoms with Gasteiger partial charge in [0.15, 0.2) is 0 Å². The number of nitrogens with one attached hydrogen (secondary N) is 1. The Labute approximate surface area is 131 Å². The molecule has 23 heavy (non-hydrogen) atoms. The van der Waals surface area contributed by atoms with Crippen LogP contribution in [0.5, 0.6) is 0 Å². The molecule has 0 heterocycles. The van der Waals surface area contributed by atoms with Crippen molar-refractivity contribution in [3.05, 3.63) is 73.3 Å². The molecular weight excluding hydrogens is 302 g/mol. The van der Waals surface area contributed by atoms with Gasteiger partial charge in [-0.05, 0) is 31.0 Å². The number of hydrogen-bond donors (Lipinski definition) is 1. The van der Waals surface area contributed by atoms with Gasteiger partial charge in [0.2, 0.25) is 0 Å². The fraction of sp³-hybridized carbons (Fsp3) is 0.133. The van der Waals surface area contributed by atoms with Gasteiger partial charge in [-0.25, -0.2) is 0 Å². The zero-order valence-electron chi connectivity index (χ0n) is 12.4. The summed E-state index contributed by atoms with van der Waals surface area (Å²) >= 11 is 0. The van der Waals surface area contributed by atoms with E-state index in [4.69, 9.17) is 0 Å². The minimum Gasteiger partial charge on any atom is -0.322 e. The Morgan fingerprint density at radius 3 is 2.09 bits per heavy atom. The molecule has 0 aliphatic rings. The van der Waals surface area contributed by atoms with E-state index >= 15 is 0 Å². The maximum absolute atomic E-state index is 12.3. The van der Waals surface area contributed by atoms with E-state index < -0.39 is 27.1 Å². The number of carbonyl (C=O) groups excluding carboxylic acids is 1. The van der Waals surface area contributed by atoms with Crippen molar-refractivity contribution in [1.82, 2.24) is 0 Å². The molecular formula is C15H13N3O5. The average Bonchev–Trinajstić information content (AvgIpc) is 2.51. The number of aryl methyl sites for hydroxylation is 1. The topological polar surface area (TPSA) is 115 Å². The van der Waals surface area contributed by atoms with Crippen LogP contribution in [0.4, 0.5) is 17.1 Å². The van der Waals surface area contributed by atoms with Gasteiger partial charge in [-0.2, -0.15) is 0 Å². The number of rotatable bonds is 4. The summed E-state index contributed by atoms with van der Waals surface area (Å²) in [5.74, 6) is -0.648. The van der Waals surface area contributed by atoms with E-state index in [1.165, 1.54) is 0 Å². The lowest BCUT2D eigenvalue weighted by Crippen LogP contribution is -2.13. The van der Waals surface area contributed by atoms with Crippen LogP contribution < -0.4 is 5.32 Å². The van der Waals surface area contributed by atoms with E-state index in [1.54, 1.807) is 12.1 Å². The number of nitro benzene ring substituents is 2. The number of anilines is 1. The van der Waals surface area contributed by atoms with Gasteiger partial charge in [-0.1, -0.05) is 12.1 Å². The van der Waals surface area contributed by atoms with Crippen LogP contribution >= 0.6 is 0 Å². The Balaban J connectivity index is 2.40. The number of non-ortho nitro benzene ring substituents is 2. The van der Waals surface area contributed by atoms with E-state index in [0.29, 0.717) is 5.69 Å². The highest BCUT2D eigenvalue weighted by Crippen LogP contribution is 2.24. The summed E-state index contributed by atoms with van der Waals surface area (Å²) in [5, 5.41) is 24.3. The van der Waals surface area contributed by atoms with E-state index in [2.05, 4.69) is 5.32 Å². The van der Waals surface area contributed by atoms with Crippen molar-refractivity contribution in [2.24, 2.45) is 0 Å². The number of carbonyl (C=O) groups is 1. The molecule has 2 aromatic carbocycles. The molecule has 0 bridgehead atoms. The van der Waals surface area contributed by atoms with Crippen molar-refractivity contribution >= 4 is 23.0 Å². The maximum atomic E-state index is 12.3. The van der Waals surface area contributed by atoms with Crippen LogP contribution in [0.15, 0.2) is 36.4 Å². The SMILES string of the molecule is Cc1cccc(NC(=O)c2cc([N+](=O)[O-])cc([N+](=O)[O-])c2)c1C. The van der Waals surface area contributed by atoms with Crippen LogP contribution in [-0.4, -0.2) is 15.8 Å². The first-order chi connectivity index (χ1) is 10.8. The van der Waals surface area contributed by atoms with Gasteiger partial charge in [0.25, 0.3) is 17.3 Å². The zero-order valence-corrected chi connectivity index (χ0v) is 12.4. The molecule has 118 valence electrons. The summed E-state index contributed by atoms with van der Waals surface area (Å²) in [7, 11) is 0. The fourth-order valence-corrected chi connectivity index (χ4v) is 2.02. The summed E-state index contributed by atoms with van der Waals surface area (Å²) in [6.45, 7) is 3.70. The van der Waals surface area contributed by atoms with Crippen molar-refractivity contribution in [3.63, 3.8) is 0 Å². The molecule has 0 saturated heterocycles. The molecule has 2 aromatic rings. The molecule has 8 heteroatoms. The van der Waals surface area contributed by atoms with Gasteiger partial charge in [0, 0.05) is 17.8 Å². The first-order valence-corrected chi connectivity index (χ1v) is 6.61. The molecule has 0 unspecified atom stereocenters. The standard InChI is InChI=1S/C15H13N3O5/c1-9-4-3-5-14(10(9)2)16-15(19)11-6-12(17(20)21)8-13(7-11)18(22)23/h3-8H,1-2H3,(H,16,19). The highest BCUT2D eigenvalue weighted by molar-refractivity contribution is 6.05. The molecule has 0 aliphatic carbocycles. The molecule has 0 aliphatic heterocycles. The number of hydrogen-bond acceptors (Lipinski definition) is 5. The summed E-state index contributed by atoms with van der Waals surface area (Å²) < 4.78 is 0. The highest BCUT2D eigenvalue weighted by Gasteiger charge is 2.20. The largest absolute Gasteiger partial charge is 0.322 e. The lowest BCUT2D eigenvalue weighted by atomic mass is 10.1. The van der Waals surface area contributed by atoms with E-state index in [-0.39, 0.29) is 5.56 Å². The second-order valence-corrected chi connectivity index (χ2v) is 4.95. The minimum atomic E-state index is -0.776. The highest BCUT2D eigenvalue weighted by atomic mass is 16.6. The molecule has 0 saturated carbocycles. The maximum Gasteiger partial charge on any atom is 0.277 e. The third-order valence-electron chi connectivity index (χ3n) is 3.44. The van der Waals surface area contributed by atoms with Crippen molar-refractivity contribution in [3.8, 4) is 0 Å². The first kappa shape index (κ1) is 16.1. The molecule has 0 fully saturated rings. The van der Waals surface area contributed by atoms with Crippen LogP contribution in [0.1, 0.15) is 21.5 Å². The summed E-state index contributed by atoms with van der Waals surface area (Å²) in [4.78, 5) is 32.4. The first-order valence-electron chi connectivity index (χ1n) is 6.61. The lowest BCUT2D eigenvalue weighted by Gasteiger charge is -2.10. The van der Waals surface area contributed by atoms with Crippen LogP contribution in [-0.2, 0) is 0 Å². The number of amides is 1. The number of benzene rings is 2. The molecule has 0 atom stereocenters. The Morgan fingerprint density at radius 1 is 1.00 bits per heavy atom. The Hall–Kier alpha value is -3.29. The third-order valence-corrected chi connectivity index (χ3v) is 3.44. The smallest absolute Gasteiger partial charge is 0.277 e. The fourth-order valence-electron chi connectivity index (χ4n) is 2.02. The molecule has 1 N–H and O–H groups in total. The van der Waals surface area contributed by atoms with E-state index in [1.807, 2.05) is 19.9 Å². The number of nitro groups is 2. The number of nitrogens with zero attached hydrogens (tertiary/aromatic N) is 2. The van der Waals surface area contributed by atoms with Gasteiger partial charge < -0.3 is 5.32 Å². The van der Waals surface area contributed by atoms with Crippen molar-refractivity contribution in [1.29, 1.82) is 0 Å². The summed E-state index contributed by atoms with van der Waals surface area (Å²) in [6, 6.07) is 8.15. The molecule has 1 amide bonds. The molecule has 0 radical (unpaired) electrons. The molecule has 0 aromatic heterocycles. The van der Waals surface area contributed by atoms with Gasteiger partial charge >= 0.3 is 0 Å². The van der Waals surface area contributed by atoms with E-state index in [9.17, 15) is 25.0 Å². The van der Waals surface area contributed by atoms with Crippen LogP contribution in [0.2, 0.25) is 0 Å². The van der Waals surface area contributed by atoms with Crippen molar-refractivity contribution in [2.75, 3.05) is 5.32 Å². The van der Waals surface area contributed by atoms with Gasteiger partial charge in [-0.15, -0.1) is 0 Å². The normalized spacial score (nSPS) is 10.2. The predicted molar refractivity (Wildman–Crippen MR) is 83.6 cm³/mol. The van der Waals surface area contributed by atoms with Crippen LogP contribution in [0.25, 0.3) is 0 Å². The molecule has 8 nitrogen and oxygen atoms in total. The second-order valence-electron chi connectivity index (χ2n) is 4.95. The Morgan fingerprint density at radius 2 is 1.57 bits per heavy atom. The quantitative estimate of drug-likeness (QED) is 0.686. The van der Waals surface area contributed by atoms with Gasteiger partial charge in [0.05, 0.1) is 21.5 Å². The second kappa shape index (κ2) is 6.22. The minimum absolute atomic E-state index is 0.146.